The summed E-state index contributed by atoms with van der Waals surface area (Å²) in [6, 6.07) is 9.16. The summed E-state index contributed by atoms with van der Waals surface area (Å²) in [5.74, 6) is 1.70. The monoisotopic (exact) mass is 313 g/mol. The van der Waals surface area contributed by atoms with Crippen molar-refractivity contribution in [2.75, 3.05) is 25.6 Å². The van der Waals surface area contributed by atoms with Gasteiger partial charge in [0, 0.05) is 11.8 Å². The molecule has 1 aliphatic rings. The predicted octanol–water partition coefficient (Wildman–Crippen LogP) is 3.34. The third-order valence-electron chi connectivity index (χ3n) is 3.67. The second-order valence-electron chi connectivity index (χ2n) is 5.48. The van der Waals surface area contributed by atoms with Gasteiger partial charge in [-0.25, -0.2) is 0 Å². The molecular weight excluding hydrogens is 294 g/mol. The lowest BCUT2D eigenvalue weighted by atomic mass is 10.0. The Morgan fingerprint density at radius 3 is 2.57 bits per heavy atom. The third kappa shape index (κ3) is 3.08. The summed E-state index contributed by atoms with van der Waals surface area (Å²) in [5, 5.41) is 2.88. The van der Waals surface area contributed by atoms with E-state index in [-0.39, 0.29) is 5.91 Å². The number of benzene rings is 2. The number of ether oxygens (including phenoxy) is 3. The fraction of sp³-hybridized carbons (Fsp3) is 0.278. The second kappa shape index (κ2) is 6.20. The zero-order chi connectivity index (χ0) is 16.4. The van der Waals surface area contributed by atoms with Crippen LogP contribution in [0.15, 0.2) is 30.3 Å². The number of anilines is 1. The van der Waals surface area contributed by atoms with Crippen molar-refractivity contribution in [1.82, 2.24) is 0 Å². The summed E-state index contributed by atoms with van der Waals surface area (Å²) < 4.78 is 16.4. The molecule has 120 valence electrons. The molecule has 0 bridgehead atoms. The highest BCUT2D eigenvalue weighted by molar-refractivity contribution is 6.06. The van der Waals surface area contributed by atoms with Gasteiger partial charge in [-0.05, 0) is 43.2 Å². The summed E-state index contributed by atoms with van der Waals surface area (Å²) in [6.45, 7) is 4.92. The Labute approximate surface area is 135 Å². The zero-order valence-electron chi connectivity index (χ0n) is 13.4. The molecule has 2 aromatic carbocycles. The van der Waals surface area contributed by atoms with Gasteiger partial charge in [0.15, 0.2) is 11.5 Å². The van der Waals surface area contributed by atoms with E-state index in [1.54, 1.807) is 25.3 Å². The molecule has 0 atom stereocenters. The molecule has 1 amide bonds. The van der Waals surface area contributed by atoms with Crippen LogP contribution in [-0.2, 0) is 0 Å². The standard InChI is InChI=1S/C18H19NO4/c1-11-8-12(2)17(21-3)14(9-11)18(20)19-13-4-5-15-16(10-13)23-7-6-22-15/h4-5,8-10H,6-7H2,1-3H3,(H,19,20). The van der Waals surface area contributed by atoms with Gasteiger partial charge in [-0.2, -0.15) is 0 Å². The van der Waals surface area contributed by atoms with Gasteiger partial charge >= 0.3 is 0 Å². The molecule has 23 heavy (non-hydrogen) atoms. The van der Waals surface area contributed by atoms with E-state index in [9.17, 15) is 4.79 Å². The van der Waals surface area contributed by atoms with Gasteiger partial charge in [-0.1, -0.05) is 6.07 Å². The summed E-state index contributed by atoms with van der Waals surface area (Å²) in [5.41, 5.74) is 3.11. The third-order valence-corrected chi connectivity index (χ3v) is 3.67. The second-order valence-corrected chi connectivity index (χ2v) is 5.48. The minimum atomic E-state index is -0.217. The molecule has 1 aliphatic heterocycles. The van der Waals surface area contributed by atoms with Crippen molar-refractivity contribution < 1.29 is 19.0 Å². The van der Waals surface area contributed by atoms with Crippen molar-refractivity contribution >= 4 is 11.6 Å². The highest BCUT2D eigenvalue weighted by Gasteiger charge is 2.17. The van der Waals surface area contributed by atoms with Crippen molar-refractivity contribution in [2.24, 2.45) is 0 Å². The topological polar surface area (TPSA) is 56.8 Å². The minimum absolute atomic E-state index is 0.217. The Morgan fingerprint density at radius 2 is 1.83 bits per heavy atom. The lowest BCUT2D eigenvalue weighted by Gasteiger charge is -2.19. The summed E-state index contributed by atoms with van der Waals surface area (Å²) in [6.07, 6.45) is 0. The molecule has 2 aromatic rings. The van der Waals surface area contributed by atoms with E-state index in [2.05, 4.69) is 5.32 Å². The summed E-state index contributed by atoms with van der Waals surface area (Å²) >= 11 is 0. The number of carbonyl (C=O) groups is 1. The highest BCUT2D eigenvalue weighted by atomic mass is 16.6. The van der Waals surface area contributed by atoms with Crippen LogP contribution in [0.2, 0.25) is 0 Å². The maximum Gasteiger partial charge on any atom is 0.259 e. The zero-order valence-corrected chi connectivity index (χ0v) is 13.4. The molecule has 0 radical (unpaired) electrons. The van der Waals surface area contributed by atoms with Crippen LogP contribution in [0.3, 0.4) is 0 Å². The molecule has 0 unspecified atom stereocenters. The van der Waals surface area contributed by atoms with Crippen molar-refractivity contribution in [3.05, 3.63) is 47.0 Å². The molecule has 0 fully saturated rings. The number of hydrogen-bond donors (Lipinski definition) is 1. The Kier molecular flexibility index (Phi) is 4.10. The molecule has 0 saturated heterocycles. The van der Waals surface area contributed by atoms with Crippen LogP contribution in [-0.4, -0.2) is 26.2 Å². The van der Waals surface area contributed by atoms with Gasteiger partial charge in [0.1, 0.15) is 19.0 Å². The molecule has 1 N–H and O–H groups in total. The summed E-state index contributed by atoms with van der Waals surface area (Å²) in [4.78, 5) is 12.6. The number of carbonyl (C=O) groups excluding carboxylic acids is 1. The highest BCUT2D eigenvalue weighted by Crippen LogP contribution is 2.33. The Bertz CT molecular complexity index is 755. The van der Waals surface area contributed by atoms with E-state index >= 15 is 0 Å². The molecule has 5 heteroatoms. The first-order chi connectivity index (χ1) is 11.1. The van der Waals surface area contributed by atoms with E-state index in [1.807, 2.05) is 26.0 Å². The van der Waals surface area contributed by atoms with Crippen LogP contribution < -0.4 is 19.5 Å². The average molecular weight is 313 g/mol. The SMILES string of the molecule is COc1c(C)cc(C)cc1C(=O)Nc1ccc2c(c1)OCCO2. The molecule has 0 aliphatic carbocycles. The number of rotatable bonds is 3. The van der Waals surface area contributed by atoms with Gasteiger partial charge in [0.05, 0.1) is 12.7 Å². The number of amides is 1. The molecule has 5 nitrogen and oxygen atoms in total. The van der Waals surface area contributed by atoms with Crippen molar-refractivity contribution in [2.45, 2.75) is 13.8 Å². The fourth-order valence-electron chi connectivity index (χ4n) is 2.71. The Balaban J connectivity index is 1.87. The quantitative estimate of drug-likeness (QED) is 0.944. The molecule has 0 aromatic heterocycles. The van der Waals surface area contributed by atoms with Gasteiger partial charge < -0.3 is 19.5 Å². The maximum atomic E-state index is 12.6. The normalized spacial score (nSPS) is 12.7. The number of methoxy groups -OCH3 is 1. The molecule has 1 heterocycles. The number of fused-ring (bicyclic) bond motifs is 1. The van der Waals surface area contributed by atoms with Gasteiger partial charge in [0.25, 0.3) is 5.91 Å². The van der Waals surface area contributed by atoms with E-state index in [1.165, 1.54) is 0 Å². The predicted molar refractivity (Wildman–Crippen MR) is 87.9 cm³/mol. The van der Waals surface area contributed by atoms with Gasteiger partial charge in [-0.3, -0.25) is 4.79 Å². The fourth-order valence-corrected chi connectivity index (χ4v) is 2.71. The van der Waals surface area contributed by atoms with Gasteiger partial charge in [-0.15, -0.1) is 0 Å². The van der Waals surface area contributed by atoms with Crippen LogP contribution in [0.5, 0.6) is 17.2 Å². The van der Waals surface area contributed by atoms with Crippen LogP contribution in [0.4, 0.5) is 5.69 Å². The minimum Gasteiger partial charge on any atom is -0.496 e. The number of hydrogen-bond acceptors (Lipinski definition) is 4. The first kappa shape index (κ1) is 15.2. The first-order valence-electron chi connectivity index (χ1n) is 7.44. The summed E-state index contributed by atoms with van der Waals surface area (Å²) in [7, 11) is 1.57. The van der Waals surface area contributed by atoms with Crippen molar-refractivity contribution in [3.8, 4) is 17.2 Å². The maximum absolute atomic E-state index is 12.6. The molecular formula is C18H19NO4. The van der Waals surface area contributed by atoms with E-state index in [0.29, 0.717) is 41.7 Å². The lowest BCUT2D eigenvalue weighted by molar-refractivity contribution is 0.102. The first-order valence-corrected chi connectivity index (χ1v) is 7.44. The average Bonchev–Trinajstić information content (AvgIpc) is 2.54. The van der Waals surface area contributed by atoms with Crippen molar-refractivity contribution in [3.63, 3.8) is 0 Å². The van der Waals surface area contributed by atoms with E-state index in [0.717, 1.165) is 11.1 Å². The molecule has 0 spiro atoms. The van der Waals surface area contributed by atoms with Crippen LogP contribution in [0.1, 0.15) is 21.5 Å². The van der Waals surface area contributed by atoms with E-state index < -0.39 is 0 Å². The molecule has 0 saturated carbocycles. The largest absolute Gasteiger partial charge is 0.496 e. The Morgan fingerprint density at radius 1 is 1.09 bits per heavy atom. The smallest absolute Gasteiger partial charge is 0.259 e. The Hall–Kier alpha value is -2.69. The van der Waals surface area contributed by atoms with Gasteiger partial charge in [0.2, 0.25) is 0 Å². The van der Waals surface area contributed by atoms with Crippen molar-refractivity contribution in [1.29, 1.82) is 0 Å². The van der Waals surface area contributed by atoms with Crippen LogP contribution >= 0.6 is 0 Å². The van der Waals surface area contributed by atoms with Crippen LogP contribution in [0, 0.1) is 13.8 Å². The number of nitrogens with one attached hydrogen (secondary N) is 1. The van der Waals surface area contributed by atoms with Crippen LogP contribution in [0.25, 0.3) is 0 Å². The molecule has 3 rings (SSSR count). The lowest BCUT2D eigenvalue weighted by Crippen LogP contribution is -2.17. The van der Waals surface area contributed by atoms with E-state index in [4.69, 9.17) is 14.2 Å². The number of aryl methyl sites for hydroxylation is 2.